The minimum absolute atomic E-state index is 0.0537. The first-order valence-electron chi connectivity index (χ1n) is 17.1. The second-order valence-electron chi connectivity index (χ2n) is 15.3. The Morgan fingerprint density at radius 1 is 1.06 bits per heavy atom. The van der Waals surface area contributed by atoms with Crippen LogP contribution in [0.25, 0.3) is 0 Å². The van der Waals surface area contributed by atoms with Crippen molar-refractivity contribution in [2.75, 3.05) is 26.7 Å². The van der Waals surface area contributed by atoms with E-state index in [4.69, 9.17) is 34.2 Å². The summed E-state index contributed by atoms with van der Waals surface area (Å²) in [5.41, 5.74) is 2.43. The van der Waals surface area contributed by atoms with Crippen molar-refractivity contribution in [3.8, 4) is 0 Å². The Morgan fingerprint density at radius 2 is 1.72 bits per heavy atom. The van der Waals surface area contributed by atoms with Crippen molar-refractivity contribution in [3.05, 3.63) is 11.8 Å². The van der Waals surface area contributed by atoms with E-state index in [2.05, 4.69) is 10.6 Å². The van der Waals surface area contributed by atoms with Gasteiger partial charge in [-0.1, -0.05) is 0 Å². The Hall–Kier alpha value is -2.77. The number of carbonyl (C=O) groups is 3. The molecule has 8 N–H and O–H groups in total. The zero-order chi connectivity index (χ0) is 37.6. The summed E-state index contributed by atoms with van der Waals surface area (Å²) in [6, 6.07) is -2.16. The molecule has 0 aromatic rings. The molecule has 1 aliphatic carbocycles. The van der Waals surface area contributed by atoms with Gasteiger partial charge in [0.2, 0.25) is 5.91 Å². The van der Waals surface area contributed by atoms with Crippen molar-refractivity contribution in [1.29, 1.82) is 0 Å². The zero-order valence-corrected chi connectivity index (χ0v) is 30.4. The zero-order valence-electron chi connectivity index (χ0n) is 30.4. The molecular weight excluding hydrogens is 660 g/mol. The number of likely N-dealkylation sites (N-methyl/N-ethyl adjacent to an activating group) is 1. The lowest BCUT2D eigenvalue weighted by molar-refractivity contribution is -0.309. The molecule has 0 radical (unpaired) electrons. The molecule has 0 aromatic heterocycles. The summed E-state index contributed by atoms with van der Waals surface area (Å²) in [5, 5.41) is 50.0. The number of hydrogen-bond donors (Lipinski definition) is 7. The van der Waals surface area contributed by atoms with Gasteiger partial charge in [-0.2, -0.15) is 0 Å². The van der Waals surface area contributed by atoms with Gasteiger partial charge in [-0.05, 0) is 80.2 Å². The minimum Gasteiger partial charge on any atom is -0.468 e. The summed E-state index contributed by atoms with van der Waals surface area (Å²) in [7, 11) is 1.37. The largest absolute Gasteiger partial charge is 0.468 e. The van der Waals surface area contributed by atoms with E-state index in [1.807, 2.05) is 6.08 Å². The van der Waals surface area contributed by atoms with Gasteiger partial charge in [-0.25, -0.2) is 9.59 Å². The van der Waals surface area contributed by atoms with Gasteiger partial charge in [0, 0.05) is 20.0 Å². The van der Waals surface area contributed by atoms with Gasteiger partial charge in [0.1, 0.15) is 47.0 Å². The second kappa shape index (κ2) is 17.2. The van der Waals surface area contributed by atoms with Gasteiger partial charge in [0.05, 0.1) is 31.3 Å². The van der Waals surface area contributed by atoms with Gasteiger partial charge in [-0.3, -0.25) is 4.79 Å². The molecule has 0 spiro atoms. The van der Waals surface area contributed by atoms with Crippen LogP contribution in [-0.4, -0.2) is 142 Å². The summed E-state index contributed by atoms with van der Waals surface area (Å²) in [4.78, 5) is 39.1. The van der Waals surface area contributed by atoms with Crippen LogP contribution >= 0.6 is 0 Å². The molecule has 10 atom stereocenters. The van der Waals surface area contributed by atoms with Gasteiger partial charge < -0.3 is 70.1 Å². The molecule has 1 saturated carbocycles. The summed E-state index contributed by atoms with van der Waals surface area (Å²) < 4.78 is 34.5. The van der Waals surface area contributed by atoms with Crippen molar-refractivity contribution >= 4 is 18.1 Å². The number of nitrogens with one attached hydrogen (secondary N) is 2. The number of aliphatic hydroxyl groups is 4. The summed E-state index contributed by atoms with van der Waals surface area (Å²) in [6.07, 6.45) is -6.94. The first kappa shape index (κ1) is 41.6. The molecule has 17 heteroatoms. The number of amides is 3. The first-order chi connectivity index (χ1) is 23.1. The highest BCUT2D eigenvalue weighted by Gasteiger charge is 2.53. The van der Waals surface area contributed by atoms with E-state index in [1.165, 1.54) is 14.0 Å². The third-order valence-electron chi connectivity index (χ3n) is 8.35. The fraction of sp³-hybridized carbons (Fsp3) is 0.848. The van der Waals surface area contributed by atoms with Crippen LogP contribution in [-0.2, 0) is 33.2 Å². The van der Waals surface area contributed by atoms with E-state index in [0.717, 1.165) is 4.90 Å². The van der Waals surface area contributed by atoms with Crippen molar-refractivity contribution in [1.82, 2.24) is 15.5 Å². The van der Waals surface area contributed by atoms with Crippen LogP contribution in [0.15, 0.2) is 11.8 Å². The number of rotatable bonds is 11. The number of nitrogens with zero attached hydrogens (tertiary/aromatic N) is 1. The number of aliphatic hydroxyl groups excluding tert-OH is 3. The molecule has 2 aliphatic heterocycles. The maximum absolute atomic E-state index is 13.1. The number of nitrogens with two attached hydrogens (primary N) is 1. The van der Waals surface area contributed by atoms with Gasteiger partial charge >= 0.3 is 12.2 Å². The van der Waals surface area contributed by atoms with E-state index in [-0.39, 0.29) is 39.0 Å². The molecule has 0 bridgehead atoms. The van der Waals surface area contributed by atoms with Crippen LogP contribution in [0.5, 0.6) is 0 Å². The van der Waals surface area contributed by atoms with Crippen molar-refractivity contribution in [2.24, 2.45) is 5.73 Å². The second-order valence-corrected chi connectivity index (χ2v) is 15.3. The van der Waals surface area contributed by atoms with Crippen LogP contribution < -0.4 is 16.4 Å². The Morgan fingerprint density at radius 3 is 2.34 bits per heavy atom. The van der Waals surface area contributed by atoms with Crippen molar-refractivity contribution in [2.45, 2.75) is 153 Å². The average molecular weight is 719 g/mol. The SMILES string of the molecule is CN(C(=O)OC(C)(C)C)[C@@H]1[C@@H](O)[C@@H](O[C@@H]2[C@@H](O)[C@H](O[C@@H]3CCC=C(CN)O3)CC[C@H]2NC(=O)[C@@H](O)CCNC(=O)OC(C)(C)C)OC[C@]1(C)O. The van der Waals surface area contributed by atoms with Crippen molar-refractivity contribution < 1.29 is 63.2 Å². The number of carbonyl (C=O) groups excluding carboxylic acids is 3. The molecule has 3 amide bonds. The van der Waals surface area contributed by atoms with Crippen LogP contribution in [0.3, 0.4) is 0 Å². The summed E-state index contributed by atoms with van der Waals surface area (Å²) >= 11 is 0. The molecule has 2 fully saturated rings. The lowest BCUT2D eigenvalue weighted by atomic mass is 9.86. The predicted octanol–water partition coefficient (Wildman–Crippen LogP) is 0.355. The number of alkyl carbamates (subject to hydrolysis) is 1. The Kier molecular flexibility index (Phi) is 14.3. The maximum Gasteiger partial charge on any atom is 0.410 e. The lowest BCUT2D eigenvalue weighted by Gasteiger charge is -2.49. The predicted molar refractivity (Wildman–Crippen MR) is 177 cm³/mol. The molecule has 3 aliphatic rings. The van der Waals surface area contributed by atoms with Crippen LogP contribution in [0.1, 0.15) is 80.6 Å². The van der Waals surface area contributed by atoms with Gasteiger partial charge in [0.15, 0.2) is 12.6 Å². The molecule has 17 nitrogen and oxygen atoms in total. The molecule has 0 aromatic carbocycles. The molecular formula is C33H58N4O13. The molecule has 0 unspecified atom stereocenters. The van der Waals surface area contributed by atoms with Gasteiger partial charge in [-0.15, -0.1) is 0 Å². The maximum atomic E-state index is 13.1. The van der Waals surface area contributed by atoms with E-state index < -0.39 is 90.1 Å². The topological polar surface area (TPSA) is 241 Å². The number of allylic oxidation sites excluding steroid dienone is 1. The average Bonchev–Trinajstić information content (AvgIpc) is 2.99. The smallest absolute Gasteiger partial charge is 0.410 e. The highest BCUT2D eigenvalue weighted by Crippen LogP contribution is 2.34. The molecule has 3 rings (SSSR count). The first-order valence-corrected chi connectivity index (χ1v) is 17.1. The Bertz CT molecular complexity index is 1190. The van der Waals surface area contributed by atoms with Gasteiger partial charge in [0.25, 0.3) is 0 Å². The van der Waals surface area contributed by atoms with E-state index in [9.17, 15) is 34.8 Å². The van der Waals surface area contributed by atoms with E-state index >= 15 is 0 Å². The molecule has 288 valence electrons. The quantitative estimate of drug-likeness (QED) is 0.153. The van der Waals surface area contributed by atoms with Crippen LogP contribution in [0.4, 0.5) is 9.59 Å². The summed E-state index contributed by atoms with van der Waals surface area (Å²) in [6.45, 7) is 11.3. The highest BCUT2D eigenvalue weighted by molar-refractivity contribution is 5.81. The molecule has 2 heterocycles. The third-order valence-corrected chi connectivity index (χ3v) is 8.35. The fourth-order valence-corrected chi connectivity index (χ4v) is 6.04. The van der Waals surface area contributed by atoms with Crippen LogP contribution in [0.2, 0.25) is 0 Å². The monoisotopic (exact) mass is 718 g/mol. The normalized spacial score (nSPS) is 32.5. The fourth-order valence-electron chi connectivity index (χ4n) is 6.04. The summed E-state index contributed by atoms with van der Waals surface area (Å²) in [5.74, 6) is -0.226. The number of hydrogen-bond acceptors (Lipinski definition) is 14. The highest BCUT2D eigenvalue weighted by atomic mass is 16.7. The third kappa shape index (κ3) is 11.9. The lowest BCUT2D eigenvalue weighted by Crippen LogP contribution is -2.68. The van der Waals surface area contributed by atoms with Crippen molar-refractivity contribution in [3.63, 3.8) is 0 Å². The molecule has 50 heavy (non-hydrogen) atoms. The van der Waals surface area contributed by atoms with Crippen LogP contribution in [0, 0.1) is 0 Å². The standard InChI is InChI=1S/C33H58N4O13/c1-31(2,3)49-29(42)35-15-14-20(38)27(41)36-19-12-13-21(47-22-11-9-10-18(16-34)46-22)23(39)25(19)48-28-24(40)26(33(7,44)17-45-28)37(8)30(43)50-32(4,5)6/h10,19-26,28,38-40,44H,9,11-17,34H2,1-8H3,(H,35,42)(H,36,41)/t19-,20+,21-,22-,23+,24-,25+,26-,28-,33+/m1/s1. The van der Waals surface area contributed by atoms with E-state index in [0.29, 0.717) is 18.6 Å². The Labute approximate surface area is 293 Å². The molecule has 1 saturated heterocycles. The number of ether oxygens (including phenoxy) is 6. The Balaban J connectivity index is 1.77. The minimum atomic E-state index is -1.72. The van der Waals surface area contributed by atoms with E-state index in [1.54, 1.807) is 41.5 Å².